The van der Waals surface area contributed by atoms with Gasteiger partial charge in [-0.25, -0.2) is 0 Å². The Morgan fingerprint density at radius 2 is 2.04 bits per heavy atom. The van der Waals surface area contributed by atoms with E-state index in [0.29, 0.717) is 13.0 Å². The fourth-order valence-electron chi connectivity index (χ4n) is 2.38. The molecule has 1 aromatic carbocycles. The summed E-state index contributed by atoms with van der Waals surface area (Å²) in [4.78, 5) is 17.6. The number of pyridine rings is 1. The molecule has 0 saturated heterocycles. The number of carbonyl (C=O) groups is 1. The maximum Gasteiger partial charge on any atom is 0.220 e. The van der Waals surface area contributed by atoms with Gasteiger partial charge >= 0.3 is 0 Å². The van der Waals surface area contributed by atoms with Gasteiger partial charge in [-0.2, -0.15) is 0 Å². The van der Waals surface area contributed by atoms with Crippen LogP contribution in [0.1, 0.15) is 17.5 Å². The van der Waals surface area contributed by atoms with Gasteiger partial charge in [0.15, 0.2) is 0 Å². The standard InChI is InChI=1S/C19H17BrN2OS/c20-16-5-2-1-4-15(16)7-8-19(23)22-13-14-9-10-21-17(12-14)18-6-3-11-24-18/h1-6,9-12H,7-8,13H2,(H,22,23). The molecule has 0 aliphatic carbocycles. The van der Waals surface area contributed by atoms with Crippen molar-refractivity contribution < 1.29 is 4.79 Å². The van der Waals surface area contributed by atoms with Crippen LogP contribution in [0.4, 0.5) is 0 Å². The van der Waals surface area contributed by atoms with E-state index in [1.165, 1.54) is 0 Å². The molecule has 0 spiro atoms. The van der Waals surface area contributed by atoms with Gasteiger partial charge in [0.2, 0.25) is 5.91 Å². The van der Waals surface area contributed by atoms with Crippen LogP contribution in [0.2, 0.25) is 0 Å². The molecule has 3 rings (SSSR count). The molecule has 24 heavy (non-hydrogen) atoms. The van der Waals surface area contributed by atoms with E-state index in [1.807, 2.05) is 53.9 Å². The van der Waals surface area contributed by atoms with Crippen molar-refractivity contribution in [1.29, 1.82) is 0 Å². The number of hydrogen-bond acceptors (Lipinski definition) is 3. The van der Waals surface area contributed by atoms with E-state index in [-0.39, 0.29) is 5.91 Å². The fourth-order valence-corrected chi connectivity index (χ4v) is 3.56. The molecule has 1 amide bonds. The Morgan fingerprint density at radius 3 is 2.83 bits per heavy atom. The van der Waals surface area contributed by atoms with Gasteiger partial charge in [0.25, 0.3) is 0 Å². The lowest BCUT2D eigenvalue weighted by atomic mass is 10.1. The van der Waals surface area contributed by atoms with Gasteiger partial charge < -0.3 is 5.32 Å². The summed E-state index contributed by atoms with van der Waals surface area (Å²) in [5.74, 6) is 0.0558. The summed E-state index contributed by atoms with van der Waals surface area (Å²) in [5, 5.41) is 5.02. The van der Waals surface area contributed by atoms with Crippen LogP contribution >= 0.6 is 27.3 Å². The van der Waals surface area contributed by atoms with Crippen molar-refractivity contribution in [1.82, 2.24) is 10.3 Å². The van der Waals surface area contributed by atoms with Gasteiger partial charge in [-0.3, -0.25) is 9.78 Å². The smallest absolute Gasteiger partial charge is 0.220 e. The molecular formula is C19H17BrN2OS. The number of thiophene rings is 1. The van der Waals surface area contributed by atoms with Gasteiger partial charge in [-0.15, -0.1) is 11.3 Å². The zero-order valence-electron chi connectivity index (χ0n) is 13.0. The number of halogens is 1. The monoisotopic (exact) mass is 400 g/mol. The number of amides is 1. The number of nitrogens with zero attached hydrogens (tertiary/aromatic N) is 1. The molecule has 0 unspecified atom stereocenters. The molecule has 2 heterocycles. The van der Waals surface area contributed by atoms with E-state index in [4.69, 9.17) is 0 Å². The molecule has 0 radical (unpaired) electrons. The molecule has 5 heteroatoms. The molecule has 0 fully saturated rings. The second kappa shape index (κ2) is 8.22. The average molecular weight is 401 g/mol. The van der Waals surface area contributed by atoms with Crippen molar-refractivity contribution in [3.05, 3.63) is 75.7 Å². The van der Waals surface area contributed by atoms with Crippen LogP contribution in [0, 0.1) is 0 Å². The van der Waals surface area contributed by atoms with Crippen LogP contribution < -0.4 is 5.32 Å². The molecule has 3 nitrogen and oxygen atoms in total. The first-order chi connectivity index (χ1) is 11.7. The molecule has 2 aromatic heterocycles. The molecule has 1 N–H and O–H groups in total. The first-order valence-corrected chi connectivity index (χ1v) is 9.38. The lowest BCUT2D eigenvalue weighted by Crippen LogP contribution is -2.23. The van der Waals surface area contributed by atoms with Crippen molar-refractivity contribution in [3.63, 3.8) is 0 Å². The van der Waals surface area contributed by atoms with Crippen molar-refractivity contribution in [3.8, 4) is 10.6 Å². The number of aryl methyl sites for hydroxylation is 1. The summed E-state index contributed by atoms with van der Waals surface area (Å²) in [6.45, 7) is 0.523. The highest BCUT2D eigenvalue weighted by Gasteiger charge is 2.06. The second-order valence-corrected chi connectivity index (χ2v) is 7.20. The Hall–Kier alpha value is -1.98. The first kappa shape index (κ1) is 16.9. The number of hydrogen-bond donors (Lipinski definition) is 1. The van der Waals surface area contributed by atoms with Crippen LogP contribution in [-0.4, -0.2) is 10.9 Å². The molecule has 122 valence electrons. The van der Waals surface area contributed by atoms with E-state index in [2.05, 4.69) is 26.2 Å². The summed E-state index contributed by atoms with van der Waals surface area (Å²) in [5.41, 5.74) is 3.16. The molecule has 0 atom stereocenters. The van der Waals surface area contributed by atoms with Crippen molar-refractivity contribution in [2.75, 3.05) is 0 Å². The number of benzene rings is 1. The number of rotatable bonds is 6. The average Bonchev–Trinajstić information content (AvgIpc) is 3.14. The Labute approximate surface area is 153 Å². The normalized spacial score (nSPS) is 10.5. The fraction of sp³-hybridized carbons (Fsp3) is 0.158. The van der Waals surface area contributed by atoms with Crippen molar-refractivity contribution in [2.24, 2.45) is 0 Å². The maximum atomic E-state index is 12.1. The van der Waals surface area contributed by atoms with Crippen LogP contribution in [0.15, 0.2) is 64.6 Å². The summed E-state index contributed by atoms with van der Waals surface area (Å²) in [6, 6.07) is 16.0. The van der Waals surface area contributed by atoms with Crippen LogP contribution in [0.5, 0.6) is 0 Å². The second-order valence-electron chi connectivity index (χ2n) is 5.39. The van der Waals surface area contributed by atoms with E-state index >= 15 is 0 Å². The Morgan fingerprint density at radius 1 is 1.17 bits per heavy atom. The highest BCUT2D eigenvalue weighted by molar-refractivity contribution is 9.10. The Kier molecular flexibility index (Phi) is 5.77. The molecule has 0 saturated carbocycles. The molecule has 0 bridgehead atoms. The molecule has 0 aliphatic rings. The van der Waals surface area contributed by atoms with Gasteiger partial charge in [-0.05, 0) is 47.2 Å². The van der Waals surface area contributed by atoms with E-state index in [1.54, 1.807) is 17.5 Å². The maximum absolute atomic E-state index is 12.1. The molecule has 0 aliphatic heterocycles. The third-order valence-electron chi connectivity index (χ3n) is 3.67. The zero-order valence-corrected chi connectivity index (χ0v) is 15.4. The molecular weight excluding hydrogens is 384 g/mol. The predicted molar refractivity (Wildman–Crippen MR) is 102 cm³/mol. The third kappa shape index (κ3) is 4.52. The van der Waals surface area contributed by atoms with E-state index in [9.17, 15) is 4.79 Å². The Balaban J connectivity index is 1.53. The van der Waals surface area contributed by atoms with E-state index < -0.39 is 0 Å². The summed E-state index contributed by atoms with van der Waals surface area (Å²) in [6.07, 6.45) is 2.99. The van der Waals surface area contributed by atoms with E-state index in [0.717, 1.165) is 32.6 Å². The van der Waals surface area contributed by atoms with Crippen molar-refractivity contribution in [2.45, 2.75) is 19.4 Å². The SMILES string of the molecule is O=C(CCc1ccccc1Br)NCc1ccnc(-c2cccs2)c1. The van der Waals surface area contributed by atoms with Crippen LogP contribution in [0.25, 0.3) is 10.6 Å². The topological polar surface area (TPSA) is 42.0 Å². The summed E-state index contributed by atoms with van der Waals surface area (Å²) < 4.78 is 1.05. The first-order valence-electron chi connectivity index (χ1n) is 7.71. The summed E-state index contributed by atoms with van der Waals surface area (Å²) >= 11 is 5.17. The Bertz CT molecular complexity index is 818. The lowest BCUT2D eigenvalue weighted by molar-refractivity contribution is -0.121. The largest absolute Gasteiger partial charge is 0.352 e. The van der Waals surface area contributed by atoms with Crippen LogP contribution in [-0.2, 0) is 17.8 Å². The summed E-state index contributed by atoms with van der Waals surface area (Å²) in [7, 11) is 0. The van der Waals surface area contributed by atoms with Gasteiger partial charge in [-0.1, -0.05) is 40.2 Å². The van der Waals surface area contributed by atoms with Gasteiger partial charge in [0.05, 0.1) is 10.6 Å². The number of aromatic nitrogens is 1. The highest BCUT2D eigenvalue weighted by atomic mass is 79.9. The minimum absolute atomic E-state index is 0.0558. The quantitative estimate of drug-likeness (QED) is 0.644. The zero-order chi connectivity index (χ0) is 16.8. The molecule has 3 aromatic rings. The van der Waals surface area contributed by atoms with Gasteiger partial charge in [0, 0.05) is 23.6 Å². The van der Waals surface area contributed by atoms with Gasteiger partial charge in [0.1, 0.15) is 0 Å². The van der Waals surface area contributed by atoms with Crippen molar-refractivity contribution >= 4 is 33.2 Å². The minimum Gasteiger partial charge on any atom is -0.352 e. The highest BCUT2D eigenvalue weighted by Crippen LogP contribution is 2.23. The third-order valence-corrected chi connectivity index (χ3v) is 5.33. The number of nitrogens with one attached hydrogen (secondary N) is 1. The predicted octanol–water partition coefficient (Wildman–Crippen LogP) is 4.82. The van der Waals surface area contributed by atoms with Crippen LogP contribution in [0.3, 0.4) is 0 Å². The lowest BCUT2D eigenvalue weighted by Gasteiger charge is -2.07. The minimum atomic E-state index is 0.0558. The number of carbonyl (C=O) groups excluding carboxylic acids is 1.